The van der Waals surface area contributed by atoms with Crippen molar-refractivity contribution in [3.8, 4) is 23.1 Å². The number of anilines is 1. The van der Waals surface area contributed by atoms with Gasteiger partial charge in [-0.2, -0.15) is 5.26 Å². The molecule has 146 valence electrons. The molecule has 0 aliphatic carbocycles. The number of nitrogens with zero attached hydrogens (tertiary/aromatic N) is 3. The zero-order chi connectivity index (χ0) is 20.9. The second kappa shape index (κ2) is 8.41. The van der Waals surface area contributed by atoms with Crippen LogP contribution in [0.4, 0.5) is 5.69 Å². The van der Waals surface area contributed by atoms with Gasteiger partial charge in [0, 0.05) is 11.3 Å². The summed E-state index contributed by atoms with van der Waals surface area (Å²) in [5, 5.41) is 11.7. The lowest BCUT2D eigenvalue weighted by Gasteiger charge is -2.15. The first-order valence-electron chi connectivity index (χ1n) is 9.42. The number of nitriles is 1. The Kier molecular flexibility index (Phi) is 5.35. The maximum absolute atomic E-state index is 12.4. The van der Waals surface area contributed by atoms with E-state index >= 15 is 0 Å². The Balaban J connectivity index is 1.43. The number of aromatic nitrogens is 2. The number of benzene rings is 3. The highest BCUT2D eigenvalue weighted by Gasteiger charge is 2.15. The van der Waals surface area contributed by atoms with Gasteiger partial charge in [-0.15, -0.1) is 0 Å². The summed E-state index contributed by atoms with van der Waals surface area (Å²) in [6.45, 7) is 1.67. The number of carbonyl (C=O) groups excluding carboxylic acids is 1. The number of para-hydroxylation sites is 2. The van der Waals surface area contributed by atoms with Crippen molar-refractivity contribution < 1.29 is 9.53 Å². The predicted molar refractivity (Wildman–Crippen MR) is 115 cm³/mol. The van der Waals surface area contributed by atoms with Gasteiger partial charge in [-0.3, -0.25) is 9.78 Å². The van der Waals surface area contributed by atoms with Crippen molar-refractivity contribution in [3.05, 3.63) is 84.6 Å². The van der Waals surface area contributed by atoms with Crippen molar-refractivity contribution in [1.29, 1.82) is 5.26 Å². The third-order valence-electron chi connectivity index (χ3n) is 4.54. The van der Waals surface area contributed by atoms with Gasteiger partial charge in [0.25, 0.3) is 5.91 Å². The average Bonchev–Trinajstić information content (AvgIpc) is 2.79. The third kappa shape index (κ3) is 4.26. The number of hydrogen-bond acceptors (Lipinski definition) is 5. The van der Waals surface area contributed by atoms with Crippen molar-refractivity contribution >= 4 is 22.6 Å². The summed E-state index contributed by atoms with van der Waals surface area (Å²) in [6.07, 6.45) is 1.03. The average molecular weight is 394 g/mol. The Bertz CT molecular complexity index is 1250. The number of fused-ring (bicyclic) bond motifs is 1. The monoisotopic (exact) mass is 394 g/mol. The van der Waals surface area contributed by atoms with Gasteiger partial charge in [0.1, 0.15) is 5.75 Å². The third-order valence-corrected chi connectivity index (χ3v) is 4.54. The summed E-state index contributed by atoms with van der Waals surface area (Å²) in [5.41, 5.74) is 4.39. The van der Waals surface area contributed by atoms with Gasteiger partial charge in [-0.05, 0) is 61.5 Å². The zero-order valence-corrected chi connectivity index (χ0v) is 16.2. The number of carbonyl (C=O) groups is 1. The molecule has 0 spiro atoms. The highest BCUT2D eigenvalue weighted by molar-refractivity contribution is 5.94. The number of ether oxygens (including phenoxy) is 1. The summed E-state index contributed by atoms with van der Waals surface area (Å²) in [7, 11) is 0. The van der Waals surface area contributed by atoms with E-state index in [4.69, 9.17) is 10.00 Å². The van der Waals surface area contributed by atoms with Crippen LogP contribution >= 0.6 is 0 Å². The molecule has 1 heterocycles. The molecule has 0 fully saturated rings. The van der Waals surface area contributed by atoms with Crippen LogP contribution in [0.25, 0.3) is 22.3 Å². The van der Waals surface area contributed by atoms with Crippen LogP contribution in [0.2, 0.25) is 0 Å². The largest absolute Gasteiger partial charge is 0.481 e. The molecule has 1 N–H and O–H groups in total. The van der Waals surface area contributed by atoms with Gasteiger partial charge >= 0.3 is 0 Å². The van der Waals surface area contributed by atoms with E-state index in [1.165, 1.54) is 0 Å². The van der Waals surface area contributed by atoms with E-state index in [9.17, 15) is 4.79 Å². The minimum absolute atomic E-state index is 0.297. The van der Waals surface area contributed by atoms with E-state index in [-0.39, 0.29) is 5.91 Å². The highest BCUT2D eigenvalue weighted by atomic mass is 16.5. The molecule has 6 heteroatoms. The second-order valence-corrected chi connectivity index (χ2v) is 6.71. The molecule has 1 aromatic heterocycles. The SMILES string of the molecule is C[C@@H](Oc1ccc(-c2cnc3ccccc3n2)cc1)C(=O)Nc1cccc(C#N)c1. The standard InChI is InChI=1S/C24H18N4O2/c1-16(24(29)27-19-6-4-5-17(13-19)14-25)30-20-11-9-18(10-12-20)23-15-26-21-7-2-3-8-22(21)28-23/h2-13,15-16H,1H3,(H,27,29)/t16-/m1/s1. The van der Waals surface area contributed by atoms with Gasteiger partial charge < -0.3 is 10.1 Å². The molecule has 0 bridgehead atoms. The van der Waals surface area contributed by atoms with E-state index in [1.54, 1.807) is 49.5 Å². The molecule has 4 rings (SSSR count). The molecule has 0 aliphatic rings. The lowest BCUT2D eigenvalue weighted by molar-refractivity contribution is -0.122. The van der Waals surface area contributed by atoms with Crippen molar-refractivity contribution in [2.45, 2.75) is 13.0 Å². The molecule has 0 saturated heterocycles. The van der Waals surface area contributed by atoms with Crippen molar-refractivity contribution in [2.75, 3.05) is 5.32 Å². The van der Waals surface area contributed by atoms with E-state index in [2.05, 4.69) is 15.3 Å². The maximum atomic E-state index is 12.4. The molecular formula is C24H18N4O2. The zero-order valence-electron chi connectivity index (χ0n) is 16.2. The number of nitrogens with one attached hydrogen (secondary N) is 1. The maximum Gasteiger partial charge on any atom is 0.265 e. The second-order valence-electron chi connectivity index (χ2n) is 6.71. The summed E-state index contributed by atoms with van der Waals surface area (Å²) in [5.74, 6) is 0.274. The van der Waals surface area contributed by atoms with Gasteiger partial charge in [-0.1, -0.05) is 18.2 Å². The van der Waals surface area contributed by atoms with Gasteiger partial charge in [0.2, 0.25) is 0 Å². The van der Waals surface area contributed by atoms with Crippen molar-refractivity contribution in [2.24, 2.45) is 0 Å². The molecule has 0 aliphatic heterocycles. The quantitative estimate of drug-likeness (QED) is 0.535. The Morgan fingerprint density at radius 1 is 1.03 bits per heavy atom. The van der Waals surface area contributed by atoms with Crippen LogP contribution < -0.4 is 10.1 Å². The first kappa shape index (κ1) is 19.1. The summed E-state index contributed by atoms with van der Waals surface area (Å²) >= 11 is 0. The molecule has 1 atom stereocenters. The molecule has 1 amide bonds. The minimum Gasteiger partial charge on any atom is -0.481 e. The predicted octanol–water partition coefficient (Wildman–Crippen LogP) is 4.57. The topological polar surface area (TPSA) is 87.9 Å². The Hall–Kier alpha value is -4.24. The minimum atomic E-state index is -0.706. The van der Waals surface area contributed by atoms with E-state index in [0.29, 0.717) is 17.0 Å². The lowest BCUT2D eigenvalue weighted by atomic mass is 10.1. The van der Waals surface area contributed by atoms with Crippen LogP contribution in [0.3, 0.4) is 0 Å². The molecular weight excluding hydrogens is 376 g/mol. The highest BCUT2D eigenvalue weighted by Crippen LogP contribution is 2.23. The first-order valence-corrected chi connectivity index (χ1v) is 9.42. The van der Waals surface area contributed by atoms with E-state index in [1.807, 2.05) is 42.5 Å². The fourth-order valence-electron chi connectivity index (χ4n) is 2.97. The van der Waals surface area contributed by atoms with Crippen LogP contribution in [0.5, 0.6) is 5.75 Å². The Morgan fingerprint density at radius 3 is 2.57 bits per heavy atom. The van der Waals surface area contributed by atoms with Crippen LogP contribution in [-0.4, -0.2) is 22.0 Å². The molecule has 0 unspecified atom stereocenters. The molecule has 3 aromatic carbocycles. The number of hydrogen-bond donors (Lipinski definition) is 1. The number of rotatable bonds is 5. The molecule has 0 saturated carbocycles. The van der Waals surface area contributed by atoms with Crippen LogP contribution in [0.1, 0.15) is 12.5 Å². The summed E-state index contributed by atoms with van der Waals surface area (Å²) in [6, 6.07) is 23.9. The van der Waals surface area contributed by atoms with Gasteiger partial charge in [0.05, 0.1) is 34.6 Å². The normalized spacial score (nSPS) is 11.5. The van der Waals surface area contributed by atoms with Crippen LogP contribution in [-0.2, 0) is 4.79 Å². The molecule has 6 nitrogen and oxygen atoms in total. The fourth-order valence-corrected chi connectivity index (χ4v) is 2.97. The smallest absolute Gasteiger partial charge is 0.265 e. The summed E-state index contributed by atoms with van der Waals surface area (Å²) in [4.78, 5) is 21.5. The first-order chi connectivity index (χ1) is 14.6. The Labute approximate surface area is 173 Å². The van der Waals surface area contributed by atoms with E-state index in [0.717, 1.165) is 22.3 Å². The number of amides is 1. The molecule has 0 radical (unpaired) electrons. The van der Waals surface area contributed by atoms with Crippen molar-refractivity contribution in [3.63, 3.8) is 0 Å². The van der Waals surface area contributed by atoms with E-state index < -0.39 is 6.10 Å². The molecule has 4 aromatic rings. The summed E-state index contributed by atoms with van der Waals surface area (Å²) < 4.78 is 5.75. The Morgan fingerprint density at radius 2 is 1.80 bits per heavy atom. The van der Waals surface area contributed by atoms with Gasteiger partial charge in [0.15, 0.2) is 6.10 Å². The lowest BCUT2D eigenvalue weighted by Crippen LogP contribution is -2.30. The van der Waals surface area contributed by atoms with Gasteiger partial charge in [-0.25, -0.2) is 4.98 Å². The van der Waals surface area contributed by atoms with Crippen LogP contribution in [0.15, 0.2) is 79.0 Å². The van der Waals surface area contributed by atoms with Crippen LogP contribution in [0, 0.1) is 11.3 Å². The van der Waals surface area contributed by atoms with Crippen molar-refractivity contribution in [1.82, 2.24) is 9.97 Å². The fraction of sp³-hybridized carbons (Fsp3) is 0.0833. The molecule has 30 heavy (non-hydrogen) atoms.